The number of nitro benzene ring substituents is 1. The van der Waals surface area contributed by atoms with Gasteiger partial charge in [0.15, 0.2) is 0 Å². The maximum atomic E-state index is 13.1. The number of nitro groups is 1. The van der Waals surface area contributed by atoms with Crippen molar-refractivity contribution in [2.45, 2.75) is 32.9 Å². The highest BCUT2D eigenvalue weighted by Crippen LogP contribution is 2.29. The lowest BCUT2D eigenvalue weighted by Crippen LogP contribution is -2.48. The fourth-order valence-corrected chi connectivity index (χ4v) is 4.12. The first-order valence-corrected chi connectivity index (χ1v) is 10.6. The minimum Gasteiger partial charge on any atom is -0.348 e. The van der Waals surface area contributed by atoms with Gasteiger partial charge in [-0.3, -0.25) is 19.2 Å². The topological polar surface area (TPSA) is 110 Å². The van der Waals surface area contributed by atoms with Crippen LogP contribution in [0.5, 0.6) is 0 Å². The molecule has 0 saturated carbocycles. The van der Waals surface area contributed by atoms with Crippen molar-refractivity contribution in [3.63, 3.8) is 0 Å². The summed E-state index contributed by atoms with van der Waals surface area (Å²) < 4.78 is 38.8. The van der Waals surface area contributed by atoms with Gasteiger partial charge >= 0.3 is 0 Å². The third kappa shape index (κ3) is 5.29. The van der Waals surface area contributed by atoms with Gasteiger partial charge in [-0.25, -0.2) is 12.8 Å². The smallest absolute Gasteiger partial charge is 0.271 e. The molecule has 0 bridgehead atoms. The Balaban J connectivity index is 2.36. The largest absolute Gasteiger partial charge is 0.348 e. The predicted molar refractivity (Wildman–Crippen MR) is 108 cm³/mol. The van der Waals surface area contributed by atoms with E-state index in [1.165, 1.54) is 43.3 Å². The normalized spacial score (nSPS) is 13.4. The fraction of sp³-hybridized carbons (Fsp3) is 0.316. The van der Waals surface area contributed by atoms with E-state index in [2.05, 4.69) is 5.32 Å². The van der Waals surface area contributed by atoms with E-state index < -0.39 is 38.8 Å². The van der Waals surface area contributed by atoms with Crippen molar-refractivity contribution in [1.82, 2.24) is 5.32 Å². The van der Waals surface area contributed by atoms with E-state index in [9.17, 15) is 27.7 Å². The molecule has 1 N–H and O–H groups in total. The zero-order chi connectivity index (χ0) is 21.9. The molecule has 0 saturated heterocycles. The summed E-state index contributed by atoms with van der Waals surface area (Å²) in [6.07, 6.45) is 0.929. The Morgan fingerprint density at radius 2 is 1.76 bits per heavy atom. The van der Waals surface area contributed by atoms with Gasteiger partial charge < -0.3 is 5.32 Å². The molecule has 8 nitrogen and oxygen atoms in total. The molecule has 29 heavy (non-hydrogen) atoms. The Morgan fingerprint density at radius 1 is 1.17 bits per heavy atom. The molecular formula is C19H22FN3O5S. The highest BCUT2D eigenvalue weighted by atomic mass is 32.2. The molecule has 0 spiro atoms. The number of hydrogen-bond acceptors (Lipinski definition) is 5. The quantitative estimate of drug-likeness (QED) is 0.544. The molecule has 2 rings (SSSR count). The molecule has 2 aromatic carbocycles. The summed E-state index contributed by atoms with van der Waals surface area (Å²) >= 11 is 0. The number of halogens is 1. The number of aryl methyl sites for hydroxylation is 1. The van der Waals surface area contributed by atoms with Gasteiger partial charge in [0, 0.05) is 12.1 Å². The molecule has 0 heterocycles. The maximum Gasteiger partial charge on any atom is 0.271 e. The number of sulfonamides is 1. The van der Waals surface area contributed by atoms with Crippen LogP contribution in [-0.4, -0.2) is 31.5 Å². The standard InChI is InChI=1S/C19H22FN3O5S/c1-12-5-10-17(23(25)26)11-18(12)22(29(4,27)28)14(3)19(24)21-13(2)15-6-8-16(20)9-7-15/h5-11,13-14H,1-4H3,(H,21,24)/t13-,14-/m0/s1. The monoisotopic (exact) mass is 423 g/mol. The van der Waals surface area contributed by atoms with Crippen molar-refractivity contribution < 1.29 is 22.5 Å². The zero-order valence-corrected chi connectivity index (χ0v) is 17.2. The Labute approximate surface area is 168 Å². The number of anilines is 1. The fourth-order valence-electron chi connectivity index (χ4n) is 2.90. The van der Waals surface area contributed by atoms with E-state index in [4.69, 9.17) is 0 Å². The number of nitrogens with one attached hydrogen (secondary N) is 1. The summed E-state index contributed by atoms with van der Waals surface area (Å²) in [4.78, 5) is 23.2. The van der Waals surface area contributed by atoms with Gasteiger partial charge in [0.05, 0.1) is 22.9 Å². The SMILES string of the molecule is Cc1ccc([N+](=O)[O-])cc1N([C@@H](C)C(=O)N[C@@H](C)c1ccc(F)cc1)S(C)(=O)=O. The highest BCUT2D eigenvalue weighted by Gasteiger charge is 2.31. The number of carbonyl (C=O) groups is 1. The molecule has 0 fully saturated rings. The lowest BCUT2D eigenvalue weighted by Gasteiger charge is -2.30. The van der Waals surface area contributed by atoms with E-state index in [1.54, 1.807) is 13.8 Å². The van der Waals surface area contributed by atoms with Crippen molar-refractivity contribution >= 4 is 27.3 Å². The first-order valence-electron chi connectivity index (χ1n) is 8.72. The lowest BCUT2D eigenvalue weighted by molar-refractivity contribution is -0.384. The van der Waals surface area contributed by atoms with E-state index in [1.807, 2.05) is 0 Å². The molecular weight excluding hydrogens is 401 g/mol. The van der Waals surface area contributed by atoms with Gasteiger partial charge in [-0.2, -0.15) is 0 Å². The third-order valence-corrected chi connectivity index (χ3v) is 5.69. The van der Waals surface area contributed by atoms with Crippen LogP contribution in [0.4, 0.5) is 15.8 Å². The van der Waals surface area contributed by atoms with Crippen LogP contribution < -0.4 is 9.62 Å². The second kappa shape index (κ2) is 8.56. The molecule has 0 unspecified atom stereocenters. The summed E-state index contributed by atoms with van der Waals surface area (Å²) in [5.41, 5.74) is 0.877. The molecule has 0 aliphatic rings. The van der Waals surface area contributed by atoms with E-state index >= 15 is 0 Å². The molecule has 2 aromatic rings. The summed E-state index contributed by atoms with van der Waals surface area (Å²) in [6, 6.07) is 7.70. The number of carbonyl (C=O) groups excluding carboxylic acids is 1. The molecule has 0 aromatic heterocycles. The summed E-state index contributed by atoms with van der Waals surface area (Å²) in [6.45, 7) is 4.68. The average molecular weight is 423 g/mol. The van der Waals surface area contributed by atoms with E-state index in [-0.39, 0.29) is 11.4 Å². The van der Waals surface area contributed by atoms with Crippen LogP contribution in [0.2, 0.25) is 0 Å². The Hall–Kier alpha value is -3.01. The van der Waals surface area contributed by atoms with Crippen molar-refractivity contribution in [3.8, 4) is 0 Å². The van der Waals surface area contributed by atoms with Crippen molar-refractivity contribution in [2.75, 3.05) is 10.6 Å². The van der Waals surface area contributed by atoms with Crippen LogP contribution in [0.1, 0.15) is 31.0 Å². The second-order valence-electron chi connectivity index (χ2n) is 6.74. The van der Waals surface area contributed by atoms with Crippen LogP contribution in [-0.2, 0) is 14.8 Å². The van der Waals surface area contributed by atoms with E-state index in [0.717, 1.165) is 16.6 Å². The van der Waals surface area contributed by atoms with Crippen LogP contribution in [0.25, 0.3) is 0 Å². The Kier molecular flexibility index (Phi) is 6.58. The third-order valence-electron chi connectivity index (χ3n) is 4.46. The molecule has 0 aliphatic heterocycles. The molecule has 156 valence electrons. The summed E-state index contributed by atoms with van der Waals surface area (Å²) in [5, 5.41) is 13.8. The van der Waals surface area contributed by atoms with Gasteiger partial charge in [-0.15, -0.1) is 0 Å². The Morgan fingerprint density at radius 3 is 2.28 bits per heavy atom. The van der Waals surface area contributed by atoms with E-state index in [0.29, 0.717) is 11.1 Å². The number of rotatable bonds is 7. The predicted octanol–water partition coefficient (Wildman–Crippen LogP) is 3.07. The second-order valence-corrected chi connectivity index (χ2v) is 8.60. The number of hydrogen-bond donors (Lipinski definition) is 1. The Bertz CT molecular complexity index is 1020. The first-order chi connectivity index (χ1) is 13.4. The summed E-state index contributed by atoms with van der Waals surface area (Å²) in [7, 11) is -3.93. The lowest BCUT2D eigenvalue weighted by atomic mass is 10.1. The van der Waals surface area contributed by atoms with Crippen molar-refractivity contribution in [1.29, 1.82) is 0 Å². The van der Waals surface area contributed by atoms with Crippen molar-refractivity contribution in [3.05, 3.63) is 69.5 Å². The number of amides is 1. The highest BCUT2D eigenvalue weighted by molar-refractivity contribution is 7.92. The molecule has 0 radical (unpaired) electrons. The number of non-ortho nitro benzene ring substituents is 1. The van der Waals surface area contributed by atoms with Gasteiger partial charge in [-0.1, -0.05) is 18.2 Å². The minimum absolute atomic E-state index is 0.0544. The average Bonchev–Trinajstić information content (AvgIpc) is 2.62. The van der Waals surface area contributed by atoms with Gasteiger partial charge in [0.1, 0.15) is 11.9 Å². The molecule has 10 heteroatoms. The van der Waals surface area contributed by atoms with Crippen LogP contribution in [0, 0.1) is 22.9 Å². The van der Waals surface area contributed by atoms with Gasteiger partial charge in [0.25, 0.3) is 5.69 Å². The van der Waals surface area contributed by atoms with Crippen molar-refractivity contribution in [2.24, 2.45) is 0 Å². The van der Waals surface area contributed by atoms with Crippen LogP contribution in [0.3, 0.4) is 0 Å². The zero-order valence-electron chi connectivity index (χ0n) is 16.4. The molecule has 0 aliphatic carbocycles. The number of nitrogens with zero attached hydrogens (tertiary/aromatic N) is 2. The molecule has 2 atom stereocenters. The number of benzene rings is 2. The minimum atomic E-state index is -3.93. The van der Waals surface area contributed by atoms with Gasteiger partial charge in [-0.05, 0) is 44.0 Å². The molecule has 1 amide bonds. The maximum absolute atomic E-state index is 13.1. The van der Waals surface area contributed by atoms with Crippen LogP contribution in [0.15, 0.2) is 42.5 Å². The first kappa shape index (κ1) is 22.3. The summed E-state index contributed by atoms with van der Waals surface area (Å²) in [5.74, 6) is -1.01. The van der Waals surface area contributed by atoms with Crippen LogP contribution >= 0.6 is 0 Å². The van der Waals surface area contributed by atoms with Gasteiger partial charge in [0.2, 0.25) is 15.9 Å².